The van der Waals surface area contributed by atoms with Crippen LogP contribution in [0.5, 0.6) is 0 Å². The highest BCUT2D eigenvalue weighted by molar-refractivity contribution is 6.21. The maximum absolute atomic E-state index is 12.9. The fourth-order valence-electron chi connectivity index (χ4n) is 3.25. The molecule has 1 aromatic carbocycles. The van der Waals surface area contributed by atoms with E-state index < -0.39 is 35.5 Å². The first-order chi connectivity index (χ1) is 13.7. The molecule has 1 atom stereocenters. The summed E-state index contributed by atoms with van der Waals surface area (Å²) in [7, 11) is 0. The van der Waals surface area contributed by atoms with E-state index in [-0.39, 0.29) is 17.7 Å². The molecule has 10 heteroatoms. The highest BCUT2D eigenvalue weighted by atomic mass is 16.7. The summed E-state index contributed by atoms with van der Waals surface area (Å²) < 4.78 is 5.36. The van der Waals surface area contributed by atoms with Crippen molar-refractivity contribution in [2.24, 2.45) is 0 Å². The molecule has 10 nitrogen and oxygen atoms in total. The second-order valence-electron chi connectivity index (χ2n) is 7.68. The number of ether oxygens (including phenoxy) is 1. The van der Waals surface area contributed by atoms with Gasteiger partial charge in [-0.2, -0.15) is 5.10 Å². The number of hydrogen-bond donors (Lipinski definition) is 1. The molecule has 0 saturated carbocycles. The molecule has 2 aromatic rings. The van der Waals surface area contributed by atoms with E-state index in [1.165, 1.54) is 18.3 Å². The van der Waals surface area contributed by atoms with Crippen LogP contribution in [0.15, 0.2) is 30.5 Å². The number of hydrogen-bond acceptors (Lipinski definition) is 7. The second kappa shape index (κ2) is 6.43. The predicted octanol–water partition coefficient (Wildman–Crippen LogP) is 1.96. The first-order valence-electron chi connectivity index (χ1n) is 8.89. The van der Waals surface area contributed by atoms with Gasteiger partial charge in [0.15, 0.2) is 6.04 Å². The Balaban J connectivity index is 1.59. The van der Waals surface area contributed by atoms with Crippen molar-refractivity contribution in [3.05, 3.63) is 52.8 Å². The quantitative estimate of drug-likeness (QED) is 0.767. The Hall–Kier alpha value is -3.69. The molecule has 3 heterocycles. The van der Waals surface area contributed by atoms with Crippen molar-refractivity contribution in [3.63, 3.8) is 0 Å². The lowest BCUT2D eigenvalue weighted by Gasteiger charge is -2.28. The van der Waals surface area contributed by atoms with E-state index in [1.807, 2.05) is 0 Å². The maximum Gasteiger partial charge on any atom is 0.411 e. The number of H-pyrrole nitrogens is 1. The summed E-state index contributed by atoms with van der Waals surface area (Å²) in [6, 6.07) is 4.95. The average Bonchev–Trinajstić information content (AvgIpc) is 3.29. The van der Waals surface area contributed by atoms with Crippen LogP contribution < -0.4 is 0 Å². The molecule has 150 valence electrons. The van der Waals surface area contributed by atoms with Gasteiger partial charge in [-0.25, -0.2) is 9.59 Å². The third kappa shape index (κ3) is 3.12. The Morgan fingerprint density at radius 1 is 1.14 bits per heavy atom. The Labute approximate surface area is 165 Å². The summed E-state index contributed by atoms with van der Waals surface area (Å²) in [5.74, 6) is -2.45. The summed E-state index contributed by atoms with van der Waals surface area (Å²) in [5, 5.41) is 7.02. The molecule has 0 fully saturated rings. The van der Waals surface area contributed by atoms with Gasteiger partial charge >= 0.3 is 12.1 Å². The second-order valence-corrected chi connectivity index (χ2v) is 7.68. The van der Waals surface area contributed by atoms with E-state index in [2.05, 4.69) is 10.2 Å². The topological polar surface area (TPSA) is 122 Å². The van der Waals surface area contributed by atoms with Crippen molar-refractivity contribution in [1.29, 1.82) is 0 Å². The molecule has 29 heavy (non-hydrogen) atoms. The molecule has 1 aromatic heterocycles. The molecule has 2 aliphatic rings. The molecule has 4 rings (SSSR count). The first-order valence-corrected chi connectivity index (χ1v) is 8.89. The molecule has 0 bridgehead atoms. The standard InChI is InChI=1S/C19H18N4O6/c1-19(2,3)28-18(27)22-9-13-12(8-20-21-13)14(22)17(26)29-23-15(24)10-6-4-5-7-11(10)16(23)25/h4-8,14H,9H2,1-3H3,(H,20,21). The zero-order valence-electron chi connectivity index (χ0n) is 16.0. The summed E-state index contributed by atoms with van der Waals surface area (Å²) in [6.07, 6.45) is 0.667. The molecule has 0 saturated heterocycles. The van der Waals surface area contributed by atoms with Gasteiger partial charge < -0.3 is 9.57 Å². The van der Waals surface area contributed by atoms with Crippen LogP contribution in [-0.4, -0.2) is 49.6 Å². The van der Waals surface area contributed by atoms with Gasteiger partial charge in [0, 0.05) is 5.56 Å². The predicted molar refractivity (Wildman–Crippen MR) is 96.1 cm³/mol. The van der Waals surface area contributed by atoms with Crippen molar-refractivity contribution >= 4 is 23.9 Å². The van der Waals surface area contributed by atoms with Crippen LogP contribution in [0.25, 0.3) is 0 Å². The molecule has 0 radical (unpaired) electrons. The zero-order chi connectivity index (χ0) is 20.9. The highest BCUT2D eigenvalue weighted by Gasteiger charge is 2.46. The van der Waals surface area contributed by atoms with Gasteiger partial charge in [0.05, 0.1) is 29.6 Å². The molecule has 1 N–H and O–H groups in total. The van der Waals surface area contributed by atoms with E-state index >= 15 is 0 Å². The molecule has 3 amide bonds. The largest absolute Gasteiger partial charge is 0.444 e. The lowest BCUT2D eigenvalue weighted by atomic mass is 10.1. The van der Waals surface area contributed by atoms with Crippen LogP contribution in [0.1, 0.15) is 58.8 Å². The van der Waals surface area contributed by atoms with Crippen LogP contribution in [0, 0.1) is 0 Å². The monoisotopic (exact) mass is 398 g/mol. The van der Waals surface area contributed by atoms with Gasteiger partial charge in [0.2, 0.25) is 0 Å². The number of amides is 3. The number of aromatic nitrogens is 2. The summed E-state index contributed by atoms with van der Waals surface area (Å²) in [5.41, 5.74) is 0.467. The van der Waals surface area contributed by atoms with E-state index in [0.717, 1.165) is 4.90 Å². The van der Waals surface area contributed by atoms with Crippen LogP contribution in [-0.2, 0) is 20.9 Å². The number of carbonyl (C=O) groups is 4. The van der Waals surface area contributed by atoms with Gasteiger partial charge in [0.1, 0.15) is 5.60 Å². The number of fused-ring (bicyclic) bond motifs is 2. The normalized spacial score (nSPS) is 18.0. The van der Waals surface area contributed by atoms with E-state index in [4.69, 9.17) is 9.57 Å². The van der Waals surface area contributed by atoms with Crippen molar-refractivity contribution < 1.29 is 28.8 Å². The Morgan fingerprint density at radius 2 is 1.76 bits per heavy atom. The third-order valence-corrected chi connectivity index (χ3v) is 4.48. The van der Waals surface area contributed by atoms with E-state index in [1.54, 1.807) is 32.9 Å². The van der Waals surface area contributed by atoms with Crippen LogP contribution in [0.3, 0.4) is 0 Å². The number of imide groups is 1. The molecule has 1 unspecified atom stereocenters. The Bertz CT molecular complexity index is 1000. The number of hydroxylamine groups is 2. The van der Waals surface area contributed by atoms with Gasteiger partial charge in [0.25, 0.3) is 11.8 Å². The number of aromatic amines is 1. The van der Waals surface area contributed by atoms with Gasteiger partial charge in [-0.15, -0.1) is 0 Å². The Morgan fingerprint density at radius 3 is 2.34 bits per heavy atom. The molecule has 2 aliphatic heterocycles. The van der Waals surface area contributed by atoms with Crippen LogP contribution in [0.4, 0.5) is 4.79 Å². The third-order valence-electron chi connectivity index (χ3n) is 4.48. The van der Waals surface area contributed by atoms with Crippen molar-refractivity contribution in [2.75, 3.05) is 0 Å². The average molecular weight is 398 g/mol. The summed E-state index contributed by atoms with van der Waals surface area (Å²) in [6.45, 7) is 5.15. The van der Waals surface area contributed by atoms with Crippen LogP contribution >= 0.6 is 0 Å². The lowest BCUT2D eigenvalue weighted by molar-refractivity contribution is -0.174. The lowest BCUT2D eigenvalue weighted by Crippen LogP contribution is -2.42. The minimum atomic E-state index is -1.21. The van der Waals surface area contributed by atoms with Crippen molar-refractivity contribution in [2.45, 2.75) is 39.0 Å². The maximum atomic E-state index is 12.9. The number of nitrogens with zero attached hydrogens (tertiary/aromatic N) is 3. The molecule has 0 aliphatic carbocycles. The number of benzene rings is 1. The van der Waals surface area contributed by atoms with Crippen LogP contribution in [0.2, 0.25) is 0 Å². The van der Waals surface area contributed by atoms with Gasteiger partial charge in [-0.05, 0) is 32.9 Å². The SMILES string of the molecule is CC(C)(C)OC(=O)N1Cc2[nH]ncc2C1C(=O)ON1C(=O)c2ccccc2C1=O. The minimum absolute atomic E-state index is 0.0477. The molecular formula is C19H18N4O6. The summed E-state index contributed by atoms with van der Waals surface area (Å²) >= 11 is 0. The minimum Gasteiger partial charge on any atom is -0.444 e. The van der Waals surface area contributed by atoms with Crippen molar-refractivity contribution in [1.82, 2.24) is 20.2 Å². The fourth-order valence-corrected chi connectivity index (χ4v) is 3.25. The van der Waals surface area contributed by atoms with Gasteiger partial charge in [-0.3, -0.25) is 19.6 Å². The summed E-state index contributed by atoms with van der Waals surface area (Å²) in [4.78, 5) is 56.8. The van der Waals surface area contributed by atoms with E-state index in [9.17, 15) is 19.2 Å². The van der Waals surface area contributed by atoms with Gasteiger partial charge in [-0.1, -0.05) is 17.2 Å². The number of nitrogens with one attached hydrogen (secondary N) is 1. The highest BCUT2D eigenvalue weighted by Crippen LogP contribution is 2.35. The molecule has 0 spiro atoms. The first kappa shape index (κ1) is 18.7. The van der Waals surface area contributed by atoms with Crippen molar-refractivity contribution in [3.8, 4) is 0 Å². The Kier molecular flexibility index (Phi) is 4.14. The smallest absolute Gasteiger partial charge is 0.411 e. The number of carbonyl (C=O) groups excluding carboxylic acids is 4. The van der Waals surface area contributed by atoms with E-state index in [0.29, 0.717) is 16.3 Å². The fraction of sp³-hybridized carbons (Fsp3) is 0.316. The molecular weight excluding hydrogens is 380 g/mol. The zero-order valence-corrected chi connectivity index (χ0v) is 16.0. The number of rotatable bonds is 2.